The number of hydrogen-bond acceptors (Lipinski definition) is 6. The molecule has 2 heterocycles. The summed E-state index contributed by atoms with van der Waals surface area (Å²) in [5.74, 6) is 1.33. The number of aryl methyl sites for hydroxylation is 1. The van der Waals surface area contributed by atoms with Gasteiger partial charge in [-0.2, -0.15) is 0 Å². The molecule has 1 saturated heterocycles. The molecule has 1 aliphatic rings. The van der Waals surface area contributed by atoms with Gasteiger partial charge < -0.3 is 24.0 Å². The molecule has 0 saturated carbocycles. The average molecular weight is 346 g/mol. The molecule has 134 valence electrons. The monoisotopic (exact) mass is 346 g/mol. The van der Waals surface area contributed by atoms with E-state index in [2.05, 4.69) is 5.16 Å². The van der Waals surface area contributed by atoms with E-state index in [1.54, 1.807) is 31.1 Å². The molecule has 1 aromatic heterocycles. The first-order valence-electron chi connectivity index (χ1n) is 8.28. The lowest BCUT2D eigenvalue weighted by Gasteiger charge is -2.22. The molecule has 7 heteroatoms. The van der Waals surface area contributed by atoms with E-state index in [4.69, 9.17) is 14.0 Å². The molecular weight excluding hydrogens is 324 g/mol. The summed E-state index contributed by atoms with van der Waals surface area (Å²) in [6.07, 6.45) is -0.0769. The summed E-state index contributed by atoms with van der Waals surface area (Å²) >= 11 is 0. The molecule has 1 N–H and O–H groups in total. The highest BCUT2D eigenvalue weighted by molar-refractivity contribution is 5.91. The highest BCUT2D eigenvalue weighted by atomic mass is 16.5. The fourth-order valence-corrected chi connectivity index (χ4v) is 2.87. The topological polar surface area (TPSA) is 85.0 Å². The van der Waals surface area contributed by atoms with E-state index in [9.17, 15) is 9.90 Å². The summed E-state index contributed by atoms with van der Waals surface area (Å²) < 4.78 is 16.2. The van der Waals surface area contributed by atoms with Crippen LogP contribution in [0.2, 0.25) is 0 Å². The molecule has 0 aliphatic carbocycles. The Kier molecular flexibility index (Phi) is 5.23. The van der Waals surface area contributed by atoms with E-state index >= 15 is 0 Å². The Morgan fingerprint density at radius 2 is 2.04 bits per heavy atom. The maximum Gasteiger partial charge on any atom is 0.292 e. The number of aliphatic hydroxyl groups is 1. The summed E-state index contributed by atoms with van der Waals surface area (Å²) in [5.41, 5.74) is 0.664. The van der Waals surface area contributed by atoms with E-state index in [0.29, 0.717) is 43.1 Å². The van der Waals surface area contributed by atoms with Crippen LogP contribution < -0.4 is 9.47 Å². The second kappa shape index (κ2) is 7.57. The Hall–Kier alpha value is -2.54. The van der Waals surface area contributed by atoms with Crippen molar-refractivity contribution in [1.82, 2.24) is 10.1 Å². The van der Waals surface area contributed by atoms with Gasteiger partial charge in [0, 0.05) is 31.6 Å². The molecule has 3 rings (SSSR count). The number of ether oxygens (including phenoxy) is 2. The van der Waals surface area contributed by atoms with E-state index in [-0.39, 0.29) is 17.8 Å². The molecule has 2 atom stereocenters. The Morgan fingerprint density at radius 1 is 1.28 bits per heavy atom. The number of nitrogens with zero attached hydrogens (tertiary/aromatic N) is 2. The Morgan fingerprint density at radius 3 is 2.76 bits per heavy atom. The number of carbonyl (C=O) groups is 1. The first-order chi connectivity index (χ1) is 12.1. The third kappa shape index (κ3) is 4.11. The van der Waals surface area contributed by atoms with Gasteiger partial charge >= 0.3 is 0 Å². The standard InChI is InChI=1S/C18H22N2O5/c1-12-10-17(25-19-12)18(22)20-8-6-15(21)16(7-9-20)24-14-5-3-4-13(11-14)23-2/h3-5,10-11,15-16,21H,6-9H2,1-2H3/t15-,16-/m0/s1. The van der Waals surface area contributed by atoms with E-state index in [0.717, 1.165) is 0 Å². The number of aliphatic hydroxyl groups excluding tert-OH is 1. The molecule has 7 nitrogen and oxygen atoms in total. The van der Waals surface area contributed by atoms with Gasteiger partial charge in [-0.05, 0) is 25.5 Å². The minimum Gasteiger partial charge on any atom is -0.497 e. The smallest absolute Gasteiger partial charge is 0.292 e. The molecule has 0 bridgehead atoms. The third-order valence-electron chi connectivity index (χ3n) is 4.26. The van der Waals surface area contributed by atoms with Gasteiger partial charge in [0.05, 0.1) is 18.9 Å². The van der Waals surface area contributed by atoms with Crippen molar-refractivity contribution in [2.24, 2.45) is 0 Å². The Balaban J connectivity index is 1.65. The van der Waals surface area contributed by atoms with Crippen LogP contribution in [0.5, 0.6) is 11.5 Å². The third-order valence-corrected chi connectivity index (χ3v) is 4.26. The highest BCUT2D eigenvalue weighted by Gasteiger charge is 2.30. The predicted molar refractivity (Wildman–Crippen MR) is 89.8 cm³/mol. The van der Waals surface area contributed by atoms with Crippen LogP contribution in [0, 0.1) is 6.92 Å². The first kappa shape index (κ1) is 17.3. The molecule has 2 aromatic rings. The second-order valence-electron chi connectivity index (χ2n) is 6.10. The lowest BCUT2D eigenvalue weighted by atomic mass is 10.1. The van der Waals surface area contributed by atoms with Crippen LogP contribution in [0.25, 0.3) is 0 Å². The molecule has 1 aromatic carbocycles. The molecule has 0 spiro atoms. The fourth-order valence-electron chi connectivity index (χ4n) is 2.87. The fraction of sp³-hybridized carbons (Fsp3) is 0.444. The van der Waals surface area contributed by atoms with Gasteiger partial charge in [0.2, 0.25) is 5.76 Å². The maximum absolute atomic E-state index is 12.5. The zero-order valence-corrected chi connectivity index (χ0v) is 14.3. The van der Waals surface area contributed by atoms with Gasteiger partial charge in [0.25, 0.3) is 5.91 Å². The van der Waals surface area contributed by atoms with Crippen LogP contribution >= 0.6 is 0 Å². The van der Waals surface area contributed by atoms with Crippen molar-refractivity contribution in [1.29, 1.82) is 0 Å². The lowest BCUT2D eigenvalue weighted by molar-refractivity contribution is 0.0349. The van der Waals surface area contributed by atoms with Crippen LogP contribution in [-0.2, 0) is 0 Å². The number of hydrogen-bond donors (Lipinski definition) is 1. The second-order valence-corrected chi connectivity index (χ2v) is 6.10. The number of methoxy groups -OCH3 is 1. The van der Waals surface area contributed by atoms with Crippen LogP contribution in [0.3, 0.4) is 0 Å². The van der Waals surface area contributed by atoms with E-state index in [1.807, 2.05) is 18.2 Å². The maximum atomic E-state index is 12.5. The number of aromatic nitrogens is 1. The Bertz CT molecular complexity index is 730. The number of rotatable bonds is 4. The van der Waals surface area contributed by atoms with Crippen LogP contribution in [0.1, 0.15) is 29.1 Å². The van der Waals surface area contributed by atoms with Crippen molar-refractivity contribution in [2.45, 2.75) is 32.0 Å². The zero-order valence-electron chi connectivity index (χ0n) is 14.3. The number of benzene rings is 1. The normalized spacial score (nSPS) is 20.8. The van der Waals surface area contributed by atoms with Crippen molar-refractivity contribution in [3.05, 3.63) is 41.8 Å². The van der Waals surface area contributed by atoms with Crippen molar-refractivity contribution < 1.29 is 23.9 Å². The number of carbonyl (C=O) groups excluding carboxylic acids is 1. The van der Waals surface area contributed by atoms with Crippen molar-refractivity contribution >= 4 is 5.91 Å². The molecule has 25 heavy (non-hydrogen) atoms. The van der Waals surface area contributed by atoms with Gasteiger partial charge in [-0.25, -0.2) is 0 Å². The number of likely N-dealkylation sites (tertiary alicyclic amines) is 1. The summed E-state index contributed by atoms with van der Waals surface area (Å²) in [4.78, 5) is 14.1. The van der Waals surface area contributed by atoms with Gasteiger partial charge in [-0.3, -0.25) is 4.79 Å². The summed E-state index contributed by atoms with van der Waals surface area (Å²) in [6.45, 7) is 2.69. The molecule has 1 fully saturated rings. The van der Waals surface area contributed by atoms with Gasteiger partial charge in [0.1, 0.15) is 17.6 Å². The first-order valence-corrected chi connectivity index (χ1v) is 8.28. The average Bonchev–Trinajstić information content (AvgIpc) is 2.98. The SMILES string of the molecule is COc1cccc(O[C@H]2CCN(C(=O)c3cc(C)no3)CC[C@@H]2O)c1. The van der Waals surface area contributed by atoms with Crippen molar-refractivity contribution in [2.75, 3.05) is 20.2 Å². The molecule has 1 amide bonds. The minimum atomic E-state index is -0.652. The largest absolute Gasteiger partial charge is 0.497 e. The van der Waals surface area contributed by atoms with Crippen molar-refractivity contribution in [3.63, 3.8) is 0 Å². The molecule has 0 radical (unpaired) electrons. The Labute approximate surface area is 146 Å². The summed E-state index contributed by atoms with van der Waals surface area (Å²) in [6, 6.07) is 8.88. The lowest BCUT2D eigenvalue weighted by Crippen LogP contribution is -2.32. The van der Waals surface area contributed by atoms with Gasteiger partial charge in [-0.15, -0.1) is 0 Å². The highest BCUT2D eigenvalue weighted by Crippen LogP contribution is 2.24. The summed E-state index contributed by atoms with van der Waals surface area (Å²) in [5, 5.41) is 14.1. The van der Waals surface area contributed by atoms with Gasteiger partial charge in [0.15, 0.2) is 0 Å². The van der Waals surface area contributed by atoms with Crippen LogP contribution in [0.4, 0.5) is 0 Å². The van der Waals surface area contributed by atoms with Crippen molar-refractivity contribution in [3.8, 4) is 11.5 Å². The van der Waals surface area contributed by atoms with Gasteiger partial charge in [-0.1, -0.05) is 11.2 Å². The van der Waals surface area contributed by atoms with Crippen LogP contribution in [-0.4, -0.2) is 53.5 Å². The predicted octanol–water partition coefficient (Wildman–Crippen LogP) is 2.04. The minimum absolute atomic E-state index is 0.213. The molecule has 1 aliphatic heterocycles. The molecular formula is C18H22N2O5. The van der Waals surface area contributed by atoms with E-state index in [1.165, 1.54) is 0 Å². The zero-order chi connectivity index (χ0) is 17.8. The van der Waals surface area contributed by atoms with Crippen LogP contribution in [0.15, 0.2) is 34.9 Å². The van der Waals surface area contributed by atoms with E-state index < -0.39 is 6.10 Å². The quantitative estimate of drug-likeness (QED) is 0.912. The number of amides is 1. The molecule has 0 unspecified atom stereocenters. The summed E-state index contributed by atoms with van der Waals surface area (Å²) in [7, 11) is 1.59.